The third-order valence-corrected chi connectivity index (χ3v) is 6.31. The van der Waals surface area contributed by atoms with Gasteiger partial charge >= 0.3 is 5.97 Å². The van der Waals surface area contributed by atoms with E-state index in [4.69, 9.17) is 10.00 Å². The van der Waals surface area contributed by atoms with Crippen molar-refractivity contribution in [3.63, 3.8) is 0 Å². The summed E-state index contributed by atoms with van der Waals surface area (Å²) in [7, 11) is 0. The lowest BCUT2D eigenvalue weighted by Gasteiger charge is -2.43. The fourth-order valence-electron chi connectivity index (χ4n) is 4.43. The number of carbonyl (C=O) groups excluding carboxylic acids is 3. The molecule has 2 N–H and O–H groups in total. The van der Waals surface area contributed by atoms with Gasteiger partial charge in [-0.2, -0.15) is 5.26 Å². The second-order valence-electron chi connectivity index (χ2n) is 8.42. The zero-order valence-corrected chi connectivity index (χ0v) is 18.6. The van der Waals surface area contributed by atoms with Gasteiger partial charge in [0.25, 0.3) is 0 Å². The van der Waals surface area contributed by atoms with Crippen LogP contribution in [0.3, 0.4) is 0 Å². The van der Waals surface area contributed by atoms with Gasteiger partial charge in [-0.1, -0.05) is 31.4 Å². The van der Waals surface area contributed by atoms with E-state index in [1.54, 1.807) is 36.1 Å². The maximum absolute atomic E-state index is 13.4. The second kappa shape index (κ2) is 11.6. The Balaban J connectivity index is 1.58. The first kappa shape index (κ1) is 23.7. The molecule has 2 fully saturated rings. The molecule has 0 unspecified atom stereocenters. The van der Waals surface area contributed by atoms with E-state index in [0.717, 1.165) is 31.2 Å². The van der Waals surface area contributed by atoms with E-state index < -0.39 is 12.1 Å². The fourth-order valence-corrected chi connectivity index (χ4v) is 4.43. The summed E-state index contributed by atoms with van der Waals surface area (Å²) in [5.41, 5.74) is 1.46. The highest BCUT2D eigenvalue weighted by Crippen LogP contribution is 2.29. The summed E-state index contributed by atoms with van der Waals surface area (Å²) < 4.78 is 5.00. The molecule has 8 nitrogen and oxygen atoms in total. The number of nitrogens with one attached hydrogen (secondary N) is 2. The van der Waals surface area contributed by atoms with E-state index in [1.165, 1.54) is 6.42 Å². The first-order chi connectivity index (χ1) is 15.5. The lowest BCUT2D eigenvalue weighted by Crippen LogP contribution is -2.63. The molecule has 1 aromatic carbocycles. The van der Waals surface area contributed by atoms with Crippen LogP contribution in [0.25, 0.3) is 0 Å². The predicted octanol–water partition coefficient (Wildman–Crippen LogP) is 1.88. The molecule has 0 bridgehead atoms. The number of esters is 1. The smallest absolute Gasteiger partial charge is 0.319 e. The minimum absolute atomic E-state index is 0.00978. The van der Waals surface area contributed by atoms with E-state index in [9.17, 15) is 14.4 Å². The molecule has 1 saturated carbocycles. The number of benzene rings is 1. The van der Waals surface area contributed by atoms with Crippen LogP contribution in [0.1, 0.15) is 56.6 Å². The first-order valence-corrected chi connectivity index (χ1v) is 11.5. The van der Waals surface area contributed by atoms with E-state index in [0.29, 0.717) is 31.7 Å². The summed E-state index contributed by atoms with van der Waals surface area (Å²) >= 11 is 0. The van der Waals surface area contributed by atoms with E-state index in [1.807, 2.05) is 0 Å². The molecular weight excluding hydrogens is 408 g/mol. The molecule has 3 rings (SSSR count). The number of carbonyl (C=O) groups is 3. The molecule has 0 radical (unpaired) electrons. The van der Waals surface area contributed by atoms with Crippen molar-refractivity contribution in [3.05, 3.63) is 35.4 Å². The molecule has 8 heteroatoms. The molecule has 172 valence electrons. The van der Waals surface area contributed by atoms with Crippen molar-refractivity contribution < 1.29 is 19.1 Å². The van der Waals surface area contributed by atoms with Crippen LogP contribution in [-0.2, 0) is 25.7 Å². The van der Waals surface area contributed by atoms with Crippen LogP contribution >= 0.6 is 0 Å². The number of ether oxygens (including phenoxy) is 1. The summed E-state index contributed by atoms with van der Waals surface area (Å²) in [6, 6.07) is 8.14. The Kier molecular flexibility index (Phi) is 8.63. The molecule has 1 aliphatic carbocycles. The van der Waals surface area contributed by atoms with Gasteiger partial charge < -0.3 is 15.0 Å². The molecule has 2 atom stereocenters. The molecule has 1 saturated heterocycles. The Bertz CT molecular complexity index is 843. The zero-order valence-electron chi connectivity index (χ0n) is 18.6. The Hall–Kier alpha value is -2.92. The summed E-state index contributed by atoms with van der Waals surface area (Å²) in [6.45, 7) is 2.93. The summed E-state index contributed by atoms with van der Waals surface area (Å²) in [5.74, 6) is -0.497. The first-order valence-electron chi connectivity index (χ1n) is 11.5. The van der Waals surface area contributed by atoms with Crippen molar-refractivity contribution in [3.8, 4) is 6.07 Å². The molecule has 2 aliphatic rings. The average Bonchev–Trinajstić information content (AvgIpc) is 2.78. The van der Waals surface area contributed by atoms with Gasteiger partial charge in [0.1, 0.15) is 6.04 Å². The Morgan fingerprint density at radius 1 is 1.16 bits per heavy atom. The molecule has 0 aromatic heterocycles. The minimum Gasteiger partial charge on any atom is -0.465 e. The average molecular weight is 441 g/mol. The largest absolute Gasteiger partial charge is 0.465 e. The maximum Gasteiger partial charge on any atom is 0.319 e. The summed E-state index contributed by atoms with van der Waals surface area (Å²) in [6.07, 6.45) is 5.82. The number of amides is 2. The summed E-state index contributed by atoms with van der Waals surface area (Å²) in [5, 5.41) is 14.9. The molecule has 2 amide bonds. The molecule has 1 aromatic rings. The van der Waals surface area contributed by atoms with Gasteiger partial charge in [-0.25, -0.2) is 0 Å². The topological polar surface area (TPSA) is 112 Å². The van der Waals surface area contributed by atoms with Crippen LogP contribution in [0.15, 0.2) is 24.3 Å². The van der Waals surface area contributed by atoms with Gasteiger partial charge in [-0.15, -0.1) is 0 Å². The molecule has 1 heterocycles. The van der Waals surface area contributed by atoms with E-state index >= 15 is 0 Å². The monoisotopic (exact) mass is 440 g/mol. The second-order valence-corrected chi connectivity index (χ2v) is 8.42. The van der Waals surface area contributed by atoms with Crippen LogP contribution in [0.4, 0.5) is 0 Å². The van der Waals surface area contributed by atoms with Crippen LogP contribution in [-0.4, -0.2) is 54.5 Å². The van der Waals surface area contributed by atoms with Crippen molar-refractivity contribution in [1.82, 2.24) is 15.5 Å². The lowest BCUT2D eigenvalue weighted by atomic mass is 9.82. The van der Waals surface area contributed by atoms with Crippen molar-refractivity contribution in [2.75, 3.05) is 19.7 Å². The predicted molar refractivity (Wildman–Crippen MR) is 118 cm³/mol. The lowest BCUT2D eigenvalue weighted by molar-refractivity contribution is -0.151. The van der Waals surface area contributed by atoms with Gasteiger partial charge in [0.05, 0.1) is 30.8 Å². The quantitative estimate of drug-likeness (QED) is 0.567. The van der Waals surface area contributed by atoms with Crippen LogP contribution < -0.4 is 10.6 Å². The van der Waals surface area contributed by atoms with Crippen molar-refractivity contribution in [1.29, 1.82) is 5.26 Å². The van der Waals surface area contributed by atoms with E-state index in [-0.39, 0.29) is 30.2 Å². The van der Waals surface area contributed by atoms with E-state index in [2.05, 4.69) is 16.7 Å². The Labute approximate surface area is 189 Å². The third-order valence-electron chi connectivity index (χ3n) is 6.31. The number of hydrogen-bond acceptors (Lipinski definition) is 6. The Morgan fingerprint density at radius 3 is 2.47 bits per heavy atom. The van der Waals surface area contributed by atoms with Gasteiger partial charge in [-0.3, -0.25) is 19.7 Å². The number of likely N-dealkylation sites (tertiary alicyclic amines) is 1. The Morgan fingerprint density at radius 2 is 1.88 bits per heavy atom. The van der Waals surface area contributed by atoms with Crippen molar-refractivity contribution in [2.45, 2.75) is 64.1 Å². The third kappa shape index (κ3) is 6.07. The maximum atomic E-state index is 13.4. The van der Waals surface area contributed by atoms with Gasteiger partial charge in [0.15, 0.2) is 0 Å². The highest BCUT2D eigenvalue weighted by atomic mass is 16.5. The normalized spacial score (nSPS) is 19.4. The summed E-state index contributed by atoms with van der Waals surface area (Å²) in [4.78, 5) is 39.6. The number of hydrogen-bond donors (Lipinski definition) is 2. The van der Waals surface area contributed by atoms with Gasteiger partial charge in [0, 0.05) is 13.1 Å². The zero-order chi connectivity index (χ0) is 22.9. The van der Waals surface area contributed by atoms with Crippen LogP contribution in [0.2, 0.25) is 0 Å². The highest BCUT2D eigenvalue weighted by Gasteiger charge is 2.42. The standard InChI is InChI=1S/C24H32N4O4/c1-2-32-21(29)16-26-22(19-6-4-3-5-7-19)24(31)28-13-12-20(28)23(30)27-15-18-10-8-17(14-25)9-11-18/h8-11,19-20,22,26H,2-7,12-13,15-16H2,1H3,(H,27,30)/t20-,22-/m1/s1. The number of rotatable bonds is 9. The number of nitriles is 1. The van der Waals surface area contributed by atoms with Gasteiger partial charge in [-0.05, 0) is 49.8 Å². The molecule has 1 aliphatic heterocycles. The van der Waals surface area contributed by atoms with Crippen LogP contribution in [0.5, 0.6) is 0 Å². The fraction of sp³-hybridized carbons (Fsp3) is 0.583. The van der Waals surface area contributed by atoms with Crippen molar-refractivity contribution in [2.24, 2.45) is 5.92 Å². The molecular formula is C24H32N4O4. The molecule has 0 spiro atoms. The van der Waals surface area contributed by atoms with Crippen molar-refractivity contribution >= 4 is 17.8 Å². The highest BCUT2D eigenvalue weighted by molar-refractivity contribution is 5.91. The van der Waals surface area contributed by atoms with Gasteiger partial charge in [0.2, 0.25) is 11.8 Å². The van der Waals surface area contributed by atoms with Crippen LogP contribution in [0, 0.1) is 17.2 Å². The SMILES string of the molecule is CCOC(=O)CN[C@@H](C(=O)N1CC[C@@H]1C(=O)NCc1ccc(C#N)cc1)C1CCCCC1. The number of nitrogens with zero attached hydrogens (tertiary/aromatic N) is 2. The molecule has 32 heavy (non-hydrogen) atoms. The minimum atomic E-state index is -0.489.